The van der Waals surface area contributed by atoms with Gasteiger partial charge in [0, 0.05) is 26.4 Å². The number of hydrogen-bond acceptors (Lipinski definition) is 3. The smallest absolute Gasteiger partial charge is 0.0829 e. The van der Waals surface area contributed by atoms with E-state index < -0.39 is 0 Å². The van der Waals surface area contributed by atoms with Crippen LogP contribution in [0.3, 0.4) is 0 Å². The maximum absolute atomic E-state index is 6.23. The quantitative estimate of drug-likeness (QED) is 0.817. The standard InChI is InChI=1S/C12H21N3O/c1-15-9-10(8-14-15)4-5-11(13)12(16-2)6-3-7-12/h8-9,11H,3-7,13H2,1-2H3. The van der Waals surface area contributed by atoms with Crippen LogP contribution in [-0.2, 0) is 18.2 Å². The molecule has 1 fully saturated rings. The minimum absolute atomic E-state index is 0.0395. The number of ether oxygens (including phenoxy) is 1. The summed E-state index contributed by atoms with van der Waals surface area (Å²) in [6.07, 6.45) is 9.38. The molecule has 2 rings (SSSR count). The van der Waals surface area contributed by atoms with Crippen LogP contribution in [0.2, 0.25) is 0 Å². The van der Waals surface area contributed by atoms with Crippen molar-refractivity contribution in [3.8, 4) is 0 Å². The molecular weight excluding hydrogens is 202 g/mol. The zero-order valence-electron chi connectivity index (χ0n) is 10.1. The third-order valence-electron chi connectivity index (χ3n) is 3.78. The Morgan fingerprint density at radius 1 is 1.62 bits per heavy atom. The summed E-state index contributed by atoms with van der Waals surface area (Å²) in [6, 6.07) is 0.145. The van der Waals surface area contributed by atoms with Crippen LogP contribution in [0.25, 0.3) is 0 Å². The van der Waals surface area contributed by atoms with E-state index in [1.165, 1.54) is 12.0 Å². The molecule has 0 saturated heterocycles. The van der Waals surface area contributed by atoms with E-state index in [1.807, 2.05) is 24.1 Å². The van der Waals surface area contributed by atoms with Gasteiger partial charge in [-0.3, -0.25) is 4.68 Å². The maximum Gasteiger partial charge on any atom is 0.0829 e. The predicted molar refractivity (Wildman–Crippen MR) is 63.1 cm³/mol. The first-order valence-corrected chi connectivity index (χ1v) is 5.94. The van der Waals surface area contributed by atoms with Crippen LogP contribution in [0.5, 0.6) is 0 Å². The Labute approximate surface area is 96.8 Å². The van der Waals surface area contributed by atoms with Gasteiger partial charge in [-0.1, -0.05) is 0 Å². The molecule has 0 aliphatic heterocycles. The van der Waals surface area contributed by atoms with Gasteiger partial charge >= 0.3 is 0 Å². The van der Waals surface area contributed by atoms with Crippen molar-refractivity contribution in [3.05, 3.63) is 18.0 Å². The van der Waals surface area contributed by atoms with Crippen LogP contribution in [-0.4, -0.2) is 28.5 Å². The average Bonchev–Trinajstić information content (AvgIpc) is 2.60. The van der Waals surface area contributed by atoms with Crippen molar-refractivity contribution in [3.63, 3.8) is 0 Å². The second kappa shape index (κ2) is 4.55. The molecule has 1 aliphatic rings. The number of methoxy groups -OCH3 is 1. The molecular formula is C12H21N3O. The monoisotopic (exact) mass is 223 g/mol. The third-order valence-corrected chi connectivity index (χ3v) is 3.78. The topological polar surface area (TPSA) is 53.1 Å². The molecule has 1 heterocycles. The summed E-state index contributed by atoms with van der Waals surface area (Å²) < 4.78 is 7.41. The van der Waals surface area contributed by atoms with Gasteiger partial charge in [-0.25, -0.2) is 0 Å². The van der Waals surface area contributed by atoms with Gasteiger partial charge in [0.05, 0.1) is 11.8 Å². The Balaban J connectivity index is 1.85. The lowest BCUT2D eigenvalue weighted by molar-refractivity contribution is -0.0912. The molecule has 4 nitrogen and oxygen atoms in total. The molecule has 0 spiro atoms. The van der Waals surface area contributed by atoms with E-state index in [0.29, 0.717) is 0 Å². The zero-order chi connectivity index (χ0) is 11.6. The largest absolute Gasteiger partial charge is 0.377 e. The van der Waals surface area contributed by atoms with Gasteiger partial charge < -0.3 is 10.5 Å². The van der Waals surface area contributed by atoms with Crippen LogP contribution in [0.15, 0.2) is 12.4 Å². The summed E-state index contributed by atoms with van der Waals surface area (Å²) in [5.74, 6) is 0. The third kappa shape index (κ3) is 2.13. The minimum atomic E-state index is -0.0395. The maximum atomic E-state index is 6.23. The van der Waals surface area contributed by atoms with Crippen molar-refractivity contribution in [2.45, 2.75) is 43.7 Å². The minimum Gasteiger partial charge on any atom is -0.377 e. The van der Waals surface area contributed by atoms with Gasteiger partial charge in [0.1, 0.15) is 0 Å². The summed E-state index contributed by atoms with van der Waals surface area (Å²) in [7, 11) is 3.72. The van der Waals surface area contributed by atoms with Crippen LogP contribution in [0, 0.1) is 0 Å². The SMILES string of the molecule is COC1(C(N)CCc2cnn(C)c2)CCC1. The Hall–Kier alpha value is -0.870. The molecule has 1 aliphatic carbocycles. The van der Waals surface area contributed by atoms with Gasteiger partial charge in [-0.05, 0) is 37.7 Å². The molecule has 0 amide bonds. The van der Waals surface area contributed by atoms with Gasteiger partial charge in [0.2, 0.25) is 0 Å². The number of aryl methyl sites for hydroxylation is 2. The molecule has 1 aromatic rings. The normalized spacial score (nSPS) is 20.4. The van der Waals surface area contributed by atoms with Crippen molar-refractivity contribution in [2.24, 2.45) is 12.8 Å². The van der Waals surface area contributed by atoms with E-state index in [9.17, 15) is 0 Å². The predicted octanol–water partition coefficient (Wildman–Crippen LogP) is 1.25. The lowest BCUT2D eigenvalue weighted by atomic mass is 9.73. The van der Waals surface area contributed by atoms with E-state index in [4.69, 9.17) is 10.5 Å². The highest BCUT2D eigenvalue weighted by molar-refractivity contribution is 5.06. The highest BCUT2D eigenvalue weighted by Crippen LogP contribution is 2.38. The first-order valence-electron chi connectivity index (χ1n) is 5.94. The summed E-state index contributed by atoms with van der Waals surface area (Å²) >= 11 is 0. The highest BCUT2D eigenvalue weighted by Gasteiger charge is 2.42. The fourth-order valence-electron chi connectivity index (χ4n) is 2.44. The van der Waals surface area contributed by atoms with E-state index in [1.54, 1.807) is 7.11 Å². The summed E-state index contributed by atoms with van der Waals surface area (Å²) in [6.45, 7) is 0. The second-order valence-corrected chi connectivity index (χ2v) is 4.79. The molecule has 4 heteroatoms. The first-order chi connectivity index (χ1) is 7.66. The van der Waals surface area contributed by atoms with Gasteiger partial charge in [-0.2, -0.15) is 5.10 Å². The highest BCUT2D eigenvalue weighted by atomic mass is 16.5. The zero-order valence-corrected chi connectivity index (χ0v) is 10.1. The van der Waals surface area contributed by atoms with Gasteiger partial charge in [0.25, 0.3) is 0 Å². The van der Waals surface area contributed by atoms with Gasteiger partial charge in [0.15, 0.2) is 0 Å². The molecule has 90 valence electrons. The molecule has 0 radical (unpaired) electrons. The second-order valence-electron chi connectivity index (χ2n) is 4.79. The van der Waals surface area contributed by atoms with Crippen molar-refractivity contribution in [1.82, 2.24) is 9.78 Å². The average molecular weight is 223 g/mol. The fourth-order valence-corrected chi connectivity index (χ4v) is 2.44. The Morgan fingerprint density at radius 2 is 2.38 bits per heavy atom. The van der Waals surface area contributed by atoms with Crippen LogP contribution in [0.4, 0.5) is 0 Å². The van der Waals surface area contributed by atoms with E-state index in [-0.39, 0.29) is 11.6 Å². The Kier molecular flexibility index (Phi) is 3.30. The van der Waals surface area contributed by atoms with Gasteiger partial charge in [-0.15, -0.1) is 0 Å². The van der Waals surface area contributed by atoms with Crippen LogP contribution in [0.1, 0.15) is 31.2 Å². The van der Waals surface area contributed by atoms with Crippen molar-refractivity contribution < 1.29 is 4.74 Å². The molecule has 16 heavy (non-hydrogen) atoms. The molecule has 1 saturated carbocycles. The lowest BCUT2D eigenvalue weighted by Crippen LogP contribution is -2.54. The van der Waals surface area contributed by atoms with Crippen LogP contribution >= 0.6 is 0 Å². The molecule has 2 N–H and O–H groups in total. The number of rotatable bonds is 5. The number of aromatic nitrogens is 2. The number of nitrogens with two attached hydrogens (primary N) is 1. The number of hydrogen-bond donors (Lipinski definition) is 1. The molecule has 1 unspecified atom stereocenters. The Morgan fingerprint density at radius 3 is 2.81 bits per heavy atom. The molecule has 1 aromatic heterocycles. The van der Waals surface area contributed by atoms with E-state index in [2.05, 4.69) is 5.10 Å². The Bertz CT molecular complexity index is 338. The summed E-state index contributed by atoms with van der Waals surface area (Å²) in [5.41, 5.74) is 7.44. The summed E-state index contributed by atoms with van der Waals surface area (Å²) in [4.78, 5) is 0. The lowest BCUT2D eigenvalue weighted by Gasteiger charge is -2.45. The first kappa shape index (κ1) is 11.6. The summed E-state index contributed by atoms with van der Waals surface area (Å²) in [5, 5.41) is 4.16. The van der Waals surface area contributed by atoms with Crippen molar-refractivity contribution in [2.75, 3.05) is 7.11 Å². The van der Waals surface area contributed by atoms with Crippen LogP contribution < -0.4 is 5.73 Å². The molecule has 1 atom stereocenters. The number of nitrogens with zero attached hydrogens (tertiary/aromatic N) is 2. The van der Waals surface area contributed by atoms with E-state index in [0.717, 1.165) is 25.7 Å². The van der Waals surface area contributed by atoms with Crippen molar-refractivity contribution in [1.29, 1.82) is 0 Å². The van der Waals surface area contributed by atoms with Crippen molar-refractivity contribution >= 4 is 0 Å². The fraction of sp³-hybridized carbons (Fsp3) is 0.750. The molecule has 0 aromatic carbocycles. The van der Waals surface area contributed by atoms with E-state index >= 15 is 0 Å². The molecule has 0 bridgehead atoms.